The molecule has 2 rings (SSSR count). The summed E-state index contributed by atoms with van der Waals surface area (Å²) in [5.41, 5.74) is 0.312. The second-order valence-electron chi connectivity index (χ2n) is 4.76. The predicted molar refractivity (Wildman–Crippen MR) is 68.8 cm³/mol. The molecule has 1 aromatic rings. The van der Waals surface area contributed by atoms with Gasteiger partial charge in [0.1, 0.15) is 11.6 Å². The topological polar surface area (TPSA) is 41.1 Å². The molecule has 1 fully saturated rings. The predicted octanol–water partition coefficient (Wildman–Crippen LogP) is 1.79. The van der Waals surface area contributed by atoms with E-state index < -0.39 is 11.6 Å². The highest BCUT2D eigenvalue weighted by Gasteiger charge is 2.45. The highest BCUT2D eigenvalue weighted by Crippen LogP contribution is 2.48. The summed E-state index contributed by atoms with van der Waals surface area (Å²) in [6, 6.07) is 3.39. The van der Waals surface area contributed by atoms with Crippen LogP contribution in [0, 0.1) is 17.6 Å². The van der Waals surface area contributed by atoms with E-state index in [-0.39, 0.29) is 17.7 Å². The van der Waals surface area contributed by atoms with E-state index in [1.165, 1.54) is 6.07 Å². The SMILES string of the molecule is CCNCCNC(=O)C1CC1c1cc(F)ccc1F. The van der Waals surface area contributed by atoms with Crippen LogP contribution in [0.15, 0.2) is 18.2 Å². The van der Waals surface area contributed by atoms with Crippen molar-refractivity contribution < 1.29 is 13.6 Å². The number of amides is 1. The highest BCUT2D eigenvalue weighted by atomic mass is 19.1. The zero-order chi connectivity index (χ0) is 13.8. The van der Waals surface area contributed by atoms with Crippen molar-refractivity contribution in [2.45, 2.75) is 19.3 Å². The van der Waals surface area contributed by atoms with Crippen LogP contribution in [0.25, 0.3) is 0 Å². The molecule has 2 unspecified atom stereocenters. The molecule has 3 nitrogen and oxygen atoms in total. The van der Waals surface area contributed by atoms with Gasteiger partial charge in [-0.2, -0.15) is 0 Å². The first-order valence-electron chi connectivity index (χ1n) is 6.57. The van der Waals surface area contributed by atoms with Crippen LogP contribution in [0.3, 0.4) is 0 Å². The Labute approximate surface area is 111 Å². The Morgan fingerprint density at radius 2 is 2.16 bits per heavy atom. The number of carbonyl (C=O) groups is 1. The zero-order valence-electron chi connectivity index (χ0n) is 10.9. The maximum atomic E-state index is 13.5. The Bertz CT molecular complexity index is 465. The molecular formula is C14H18F2N2O. The Morgan fingerprint density at radius 1 is 1.37 bits per heavy atom. The van der Waals surface area contributed by atoms with Gasteiger partial charge >= 0.3 is 0 Å². The average Bonchev–Trinajstić information content (AvgIpc) is 3.17. The molecule has 1 saturated carbocycles. The summed E-state index contributed by atoms with van der Waals surface area (Å²) in [5, 5.41) is 5.89. The normalized spacial score (nSPS) is 21.2. The van der Waals surface area contributed by atoms with E-state index in [0.29, 0.717) is 25.1 Å². The number of hydrogen-bond acceptors (Lipinski definition) is 2. The quantitative estimate of drug-likeness (QED) is 0.772. The number of likely N-dealkylation sites (N-methyl/N-ethyl adjacent to an activating group) is 1. The summed E-state index contributed by atoms with van der Waals surface area (Å²) in [5.74, 6) is -1.39. The van der Waals surface area contributed by atoms with Crippen molar-refractivity contribution in [2.75, 3.05) is 19.6 Å². The van der Waals surface area contributed by atoms with Crippen LogP contribution < -0.4 is 10.6 Å². The molecule has 2 atom stereocenters. The largest absolute Gasteiger partial charge is 0.355 e. The second kappa shape index (κ2) is 6.10. The molecule has 1 aliphatic rings. The molecule has 0 aliphatic heterocycles. The van der Waals surface area contributed by atoms with E-state index >= 15 is 0 Å². The van der Waals surface area contributed by atoms with Gasteiger partial charge in [-0.3, -0.25) is 4.79 Å². The first-order chi connectivity index (χ1) is 9.13. The molecule has 1 amide bonds. The van der Waals surface area contributed by atoms with Crippen LogP contribution >= 0.6 is 0 Å². The molecule has 19 heavy (non-hydrogen) atoms. The van der Waals surface area contributed by atoms with Crippen molar-refractivity contribution in [1.29, 1.82) is 0 Å². The first-order valence-corrected chi connectivity index (χ1v) is 6.57. The number of nitrogens with one attached hydrogen (secondary N) is 2. The fraction of sp³-hybridized carbons (Fsp3) is 0.500. The van der Waals surface area contributed by atoms with Gasteiger partial charge in [-0.05, 0) is 42.6 Å². The highest BCUT2D eigenvalue weighted by molar-refractivity contribution is 5.82. The molecule has 1 aromatic carbocycles. The van der Waals surface area contributed by atoms with E-state index in [4.69, 9.17) is 0 Å². The Kier molecular flexibility index (Phi) is 4.47. The monoisotopic (exact) mass is 268 g/mol. The van der Waals surface area contributed by atoms with Gasteiger partial charge in [0.25, 0.3) is 0 Å². The molecule has 0 saturated heterocycles. The van der Waals surface area contributed by atoms with Gasteiger partial charge in [-0.25, -0.2) is 8.78 Å². The standard InChI is InChI=1S/C14H18F2N2O/c1-2-17-5-6-18-14(19)12-8-10(12)11-7-9(15)3-4-13(11)16/h3-4,7,10,12,17H,2,5-6,8H2,1H3,(H,18,19). The third kappa shape index (κ3) is 3.50. The van der Waals surface area contributed by atoms with Gasteiger partial charge < -0.3 is 10.6 Å². The van der Waals surface area contributed by atoms with Crippen LogP contribution in [-0.4, -0.2) is 25.5 Å². The number of halogens is 2. The van der Waals surface area contributed by atoms with Gasteiger partial charge in [0.05, 0.1) is 0 Å². The van der Waals surface area contributed by atoms with Crippen molar-refractivity contribution in [3.05, 3.63) is 35.4 Å². The van der Waals surface area contributed by atoms with Crippen LogP contribution in [0.2, 0.25) is 0 Å². The van der Waals surface area contributed by atoms with E-state index in [9.17, 15) is 13.6 Å². The fourth-order valence-corrected chi connectivity index (χ4v) is 2.21. The van der Waals surface area contributed by atoms with Crippen LogP contribution in [0.1, 0.15) is 24.8 Å². The van der Waals surface area contributed by atoms with E-state index in [0.717, 1.165) is 18.7 Å². The Morgan fingerprint density at radius 3 is 2.89 bits per heavy atom. The van der Waals surface area contributed by atoms with Gasteiger partial charge in [-0.15, -0.1) is 0 Å². The average molecular weight is 268 g/mol. The number of hydrogen-bond donors (Lipinski definition) is 2. The van der Waals surface area contributed by atoms with Crippen molar-refractivity contribution >= 4 is 5.91 Å². The Balaban J connectivity index is 1.86. The summed E-state index contributed by atoms with van der Waals surface area (Å²) < 4.78 is 26.6. The van der Waals surface area contributed by atoms with Gasteiger partial charge in [-0.1, -0.05) is 6.92 Å². The molecular weight excluding hydrogens is 250 g/mol. The summed E-state index contributed by atoms with van der Waals surface area (Å²) >= 11 is 0. The van der Waals surface area contributed by atoms with Crippen LogP contribution in [0.4, 0.5) is 8.78 Å². The smallest absolute Gasteiger partial charge is 0.223 e. The lowest BCUT2D eigenvalue weighted by atomic mass is 10.1. The minimum Gasteiger partial charge on any atom is -0.355 e. The molecule has 0 heterocycles. The third-order valence-electron chi connectivity index (χ3n) is 3.34. The van der Waals surface area contributed by atoms with E-state index in [1.807, 2.05) is 6.92 Å². The third-order valence-corrected chi connectivity index (χ3v) is 3.34. The molecule has 104 valence electrons. The molecule has 0 bridgehead atoms. The molecule has 0 radical (unpaired) electrons. The summed E-state index contributed by atoms with van der Waals surface area (Å²) in [6.45, 7) is 4.12. The lowest BCUT2D eigenvalue weighted by Gasteiger charge is -2.06. The number of rotatable bonds is 6. The van der Waals surface area contributed by atoms with E-state index in [2.05, 4.69) is 10.6 Å². The Hall–Kier alpha value is -1.49. The molecule has 5 heteroatoms. The van der Waals surface area contributed by atoms with E-state index in [1.54, 1.807) is 0 Å². The number of carbonyl (C=O) groups excluding carboxylic acids is 1. The summed E-state index contributed by atoms with van der Waals surface area (Å²) in [4.78, 5) is 11.8. The summed E-state index contributed by atoms with van der Waals surface area (Å²) in [6.07, 6.45) is 0.591. The van der Waals surface area contributed by atoms with Gasteiger partial charge in [0.2, 0.25) is 5.91 Å². The van der Waals surface area contributed by atoms with Crippen molar-refractivity contribution in [3.8, 4) is 0 Å². The van der Waals surface area contributed by atoms with Crippen LogP contribution in [-0.2, 0) is 4.79 Å². The van der Waals surface area contributed by atoms with Gasteiger partial charge in [0.15, 0.2) is 0 Å². The van der Waals surface area contributed by atoms with Crippen molar-refractivity contribution in [3.63, 3.8) is 0 Å². The maximum Gasteiger partial charge on any atom is 0.223 e. The fourth-order valence-electron chi connectivity index (χ4n) is 2.21. The van der Waals surface area contributed by atoms with Crippen LogP contribution in [0.5, 0.6) is 0 Å². The minimum absolute atomic E-state index is 0.0773. The maximum absolute atomic E-state index is 13.5. The zero-order valence-corrected chi connectivity index (χ0v) is 10.9. The number of benzene rings is 1. The molecule has 0 aromatic heterocycles. The van der Waals surface area contributed by atoms with Crippen molar-refractivity contribution in [1.82, 2.24) is 10.6 Å². The minimum atomic E-state index is -0.463. The molecule has 0 spiro atoms. The van der Waals surface area contributed by atoms with Crippen molar-refractivity contribution in [2.24, 2.45) is 5.92 Å². The molecule has 2 N–H and O–H groups in total. The summed E-state index contributed by atoms with van der Waals surface area (Å²) in [7, 11) is 0. The second-order valence-corrected chi connectivity index (χ2v) is 4.76. The lowest BCUT2D eigenvalue weighted by molar-refractivity contribution is -0.122. The molecule has 1 aliphatic carbocycles. The van der Waals surface area contributed by atoms with Gasteiger partial charge in [0, 0.05) is 19.0 Å². The first kappa shape index (κ1) is 13.9. The lowest BCUT2D eigenvalue weighted by Crippen LogP contribution is -2.32.